The topological polar surface area (TPSA) is 42.4 Å². The number of benzene rings is 1. The number of halogens is 1. The van der Waals surface area contributed by atoms with Crippen molar-refractivity contribution in [2.75, 3.05) is 7.05 Å². The standard InChI is InChI=1S/C19H17BrN2O2S/c1-22(12-17-7-8-18(20)25-17)19(23)15-5-2-6-16(10-15)24-13-14-4-3-9-21-11-14/h2-11H,12-13H2,1H3. The highest BCUT2D eigenvalue weighted by Gasteiger charge is 2.13. The van der Waals surface area contributed by atoms with E-state index in [1.807, 2.05) is 36.4 Å². The van der Waals surface area contributed by atoms with Gasteiger partial charge in [0.05, 0.1) is 10.3 Å². The number of carbonyl (C=O) groups is 1. The zero-order chi connectivity index (χ0) is 17.6. The van der Waals surface area contributed by atoms with Crippen LogP contribution in [0.3, 0.4) is 0 Å². The Morgan fingerprint density at radius 1 is 1.24 bits per heavy atom. The van der Waals surface area contributed by atoms with E-state index in [9.17, 15) is 4.79 Å². The highest BCUT2D eigenvalue weighted by atomic mass is 79.9. The average Bonchev–Trinajstić information content (AvgIpc) is 3.05. The van der Waals surface area contributed by atoms with Crippen LogP contribution in [-0.2, 0) is 13.2 Å². The zero-order valence-corrected chi connectivity index (χ0v) is 16.1. The third kappa shape index (κ3) is 4.90. The van der Waals surface area contributed by atoms with E-state index in [-0.39, 0.29) is 5.91 Å². The quantitative estimate of drug-likeness (QED) is 0.581. The number of pyridine rings is 1. The van der Waals surface area contributed by atoms with Crippen molar-refractivity contribution in [2.24, 2.45) is 0 Å². The van der Waals surface area contributed by atoms with Crippen LogP contribution in [0.15, 0.2) is 64.7 Å². The van der Waals surface area contributed by atoms with Gasteiger partial charge in [-0.15, -0.1) is 11.3 Å². The molecule has 128 valence electrons. The van der Waals surface area contributed by atoms with Crippen LogP contribution in [0.4, 0.5) is 0 Å². The van der Waals surface area contributed by atoms with Gasteiger partial charge in [-0.3, -0.25) is 9.78 Å². The molecule has 0 bridgehead atoms. The zero-order valence-electron chi connectivity index (χ0n) is 13.7. The molecule has 3 rings (SSSR count). The van der Waals surface area contributed by atoms with Crippen LogP contribution < -0.4 is 4.74 Å². The fraction of sp³-hybridized carbons (Fsp3) is 0.158. The molecule has 0 saturated carbocycles. The molecule has 0 N–H and O–H groups in total. The van der Waals surface area contributed by atoms with E-state index in [1.54, 1.807) is 47.8 Å². The summed E-state index contributed by atoms with van der Waals surface area (Å²) in [5, 5.41) is 0. The minimum absolute atomic E-state index is 0.0312. The van der Waals surface area contributed by atoms with Gasteiger partial charge >= 0.3 is 0 Å². The SMILES string of the molecule is CN(Cc1ccc(Br)s1)C(=O)c1cccc(OCc2cccnc2)c1. The molecule has 0 aliphatic heterocycles. The third-order valence-electron chi connectivity index (χ3n) is 3.58. The lowest BCUT2D eigenvalue weighted by Gasteiger charge is -2.17. The minimum Gasteiger partial charge on any atom is -0.489 e. The van der Waals surface area contributed by atoms with Gasteiger partial charge in [0.1, 0.15) is 12.4 Å². The van der Waals surface area contributed by atoms with Gasteiger partial charge in [-0.05, 0) is 52.3 Å². The summed E-state index contributed by atoms with van der Waals surface area (Å²) < 4.78 is 6.83. The Kier molecular flexibility index (Phi) is 5.83. The number of aromatic nitrogens is 1. The largest absolute Gasteiger partial charge is 0.489 e. The van der Waals surface area contributed by atoms with E-state index in [0.717, 1.165) is 14.2 Å². The van der Waals surface area contributed by atoms with Gasteiger partial charge in [-0.25, -0.2) is 0 Å². The van der Waals surface area contributed by atoms with Crippen molar-refractivity contribution < 1.29 is 9.53 Å². The number of hydrogen-bond donors (Lipinski definition) is 0. The lowest BCUT2D eigenvalue weighted by molar-refractivity contribution is 0.0786. The number of carbonyl (C=O) groups excluding carboxylic acids is 1. The molecule has 25 heavy (non-hydrogen) atoms. The first-order valence-electron chi connectivity index (χ1n) is 7.73. The Hall–Kier alpha value is -2.18. The predicted molar refractivity (Wildman–Crippen MR) is 103 cm³/mol. The predicted octanol–water partition coefficient (Wildman–Crippen LogP) is 4.76. The average molecular weight is 417 g/mol. The van der Waals surface area contributed by atoms with Crippen LogP contribution in [-0.4, -0.2) is 22.8 Å². The van der Waals surface area contributed by atoms with Gasteiger partial charge in [0.25, 0.3) is 5.91 Å². The molecule has 3 aromatic rings. The molecule has 0 unspecified atom stereocenters. The molecule has 0 radical (unpaired) electrons. The Bertz CT molecular complexity index is 851. The van der Waals surface area contributed by atoms with Crippen LogP contribution in [0.1, 0.15) is 20.8 Å². The van der Waals surface area contributed by atoms with E-state index in [1.165, 1.54) is 0 Å². The normalized spacial score (nSPS) is 10.5. The fourth-order valence-electron chi connectivity index (χ4n) is 2.33. The summed E-state index contributed by atoms with van der Waals surface area (Å²) in [6, 6.07) is 15.1. The van der Waals surface area contributed by atoms with Gasteiger partial charge in [0.15, 0.2) is 0 Å². The van der Waals surface area contributed by atoms with Gasteiger partial charge in [0, 0.05) is 35.4 Å². The second kappa shape index (κ2) is 8.27. The molecule has 0 aliphatic rings. The van der Waals surface area contributed by atoms with E-state index >= 15 is 0 Å². The number of hydrogen-bond acceptors (Lipinski definition) is 4. The van der Waals surface area contributed by atoms with Crippen molar-refractivity contribution in [3.8, 4) is 5.75 Å². The van der Waals surface area contributed by atoms with Crippen LogP contribution in [0.5, 0.6) is 5.75 Å². The maximum atomic E-state index is 12.6. The monoisotopic (exact) mass is 416 g/mol. The van der Waals surface area contributed by atoms with Crippen molar-refractivity contribution in [3.63, 3.8) is 0 Å². The van der Waals surface area contributed by atoms with E-state index in [2.05, 4.69) is 20.9 Å². The van der Waals surface area contributed by atoms with Crippen molar-refractivity contribution in [1.29, 1.82) is 0 Å². The van der Waals surface area contributed by atoms with E-state index in [0.29, 0.717) is 24.5 Å². The molecule has 1 aromatic carbocycles. The Labute approximate surface area is 159 Å². The molecule has 0 fully saturated rings. The summed E-state index contributed by atoms with van der Waals surface area (Å²) in [6.45, 7) is 1.00. The number of thiophene rings is 1. The maximum Gasteiger partial charge on any atom is 0.254 e. The Balaban J connectivity index is 1.64. The first kappa shape index (κ1) is 17.6. The Morgan fingerprint density at radius 3 is 2.84 bits per heavy atom. The molecule has 4 nitrogen and oxygen atoms in total. The van der Waals surface area contributed by atoms with Crippen molar-refractivity contribution >= 4 is 33.2 Å². The van der Waals surface area contributed by atoms with Crippen molar-refractivity contribution in [3.05, 3.63) is 80.7 Å². The molecular weight excluding hydrogens is 400 g/mol. The van der Waals surface area contributed by atoms with Crippen LogP contribution in [0, 0.1) is 0 Å². The third-order valence-corrected chi connectivity index (χ3v) is 5.19. The molecule has 0 atom stereocenters. The van der Waals surface area contributed by atoms with E-state index < -0.39 is 0 Å². The second-order valence-corrected chi connectivity index (χ2v) is 8.09. The van der Waals surface area contributed by atoms with E-state index in [4.69, 9.17) is 4.74 Å². The first-order chi connectivity index (χ1) is 12.1. The van der Waals surface area contributed by atoms with Gasteiger partial charge in [0.2, 0.25) is 0 Å². The summed E-state index contributed by atoms with van der Waals surface area (Å²) in [6.07, 6.45) is 3.49. The molecule has 0 spiro atoms. The van der Waals surface area contributed by atoms with Crippen LogP contribution >= 0.6 is 27.3 Å². The molecule has 2 heterocycles. The van der Waals surface area contributed by atoms with Crippen LogP contribution in [0.2, 0.25) is 0 Å². The summed E-state index contributed by atoms with van der Waals surface area (Å²) in [7, 11) is 1.80. The second-order valence-electron chi connectivity index (χ2n) is 5.54. The smallest absolute Gasteiger partial charge is 0.254 e. The fourth-order valence-corrected chi connectivity index (χ4v) is 3.87. The Morgan fingerprint density at radius 2 is 2.12 bits per heavy atom. The maximum absolute atomic E-state index is 12.6. The van der Waals surface area contributed by atoms with Gasteiger partial charge in [-0.1, -0.05) is 12.1 Å². The molecular formula is C19H17BrN2O2S. The lowest BCUT2D eigenvalue weighted by atomic mass is 10.2. The lowest BCUT2D eigenvalue weighted by Crippen LogP contribution is -2.25. The first-order valence-corrected chi connectivity index (χ1v) is 9.34. The number of rotatable bonds is 6. The molecule has 2 aromatic heterocycles. The number of ether oxygens (including phenoxy) is 1. The summed E-state index contributed by atoms with van der Waals surface area (Å²) in [4.78, 5) is 19.5. The minimum atomic E-state index is -0.0312. The summed E-state index contributed by atoms with van der Waals surface area (Å²) in [5.74, 6) is 0.637. The molecule has 1 amide bonds. The van der Waals surface area contributed by atoms with Crippen LogP contribution in [0.25, 0.3) is 0 Å². The summed E-state index contributed by atoms with van der Waals surface area (Å²) in [5.41, 5.74) is 1.60. The number of amides is 1. The van der Waals surface area contributed by atoms with Gasteiger partial charge < -0.3 is 9.64 Å². The highest BCUT2D eigenvalue weighted by molar-refractivity contribution is 9.11. The highest BCUT2D eigenvalue weighted by Crippen LogP contribution is 2.24. The molecule has 6 heteroatoms. The molecule has 0 saturated heterocycles. The van der Waals surface area contributed by atoms with Crippen molar-refractivity contribution in [2.45, 2.75) is 13.2 Å². The van der Waals surface area contributed by atoms with Gasteiger partial charge in [-0.2, -0.15) is 0 Å². The number of nitrogens with zero attached hydrogens (tertiary/aromatic N) is 2. The molecule has 0 aliphatic carbocycles. The van der Waals surface area contributed by atoms with Crippen molar-refractivity contribution in [1.82, 2.24) is 9.88 Å². The summed E-state index contributed by atoms with van der Waals surface area (Å²) >= 11 is 5.07.